The number of aromatic amines is 1. The van der Waals surface area contributed by atoms with Gasteiger partial charge in [-0.25, -0.2) is 4.98 Å². The first-order chi connectivity index (χ1) is 5.74. The smallest absolute Gasteiger partial charge is 0.143 e. The van der Waals surface area contributed by atoms with Crippen molar-refractivity contribution < 1.29 is 0 Å². The lowest BCUT2D eigenvalue weighted by Crippen LogP contribution is -1.93. The Morgan fingerprint density at radius 1 is 1.67 bits per heavy atom. The normalized spacial score (nSPS) is 10.2. The zero-order chi connectivity index (χ0) is 8.97. The van der Waals surface area contributed by atoms with E-state index in [1.807, 2.05) is 13.1 Å². The number of unbranched alkanes of at least 4 members (excludes halogenated alkanes) is 1. The quantitative estimate of drug-likeness (QED) is 0.572. The molecule has 0 fully saturated rings. The molecule has 1 aromatic heterocycles. The fraction of sp³-hybridized carbons (Fsp3) is 0.556. The summed E-state index contributed by atoms with van der Waals surface area (Å²) < 4.78 is 0. The van der Waals surface area contributed by atoms with E-state index in [0.717, 1.165) is 17.1 Å². The molecule has 0 saturated carbocycles. The van der Waals surface area contributed by atoms with Crippen LogP contribution >= 0.6 is 12.2 Å². The molecule has 1 aromatic rings. The van der Waals surface area contributed by atoms with Crippen LogP contribution in [-0.4, -0.2) is 14.8 Å². The molecule has 0 radical (unpaired) electrons. The Morgan fingerprint density at radius 3 is 2.92 bits per heavy atom. The molecule has 0 spiro atoms. The van der Waals surface area contributed by atoms with Crippen LogP contribution in [0.25, 0.3) is 0 Å². The van der Waals surface area contributed by atoms with Crippen molar-refractivity contribution in [1.82, 2.24) is 9.97 Å². The van der Waals surface area contributed by atoms with E-state index in [2.05, 4.69) is 16.9 Å². The molecule has 0 aliphatic heterocycles. The predicted octanol–water partition coefficient (Wildman–Crippen LogP) is 2.49. The molecule has 0 saturated heterocycles. The molecule has 0 unspecified atom stereocenters. The highest BCUT2D eigenvalue weighted by Gasteiger charge is 2.00. The van der Waals surface area contributed by atoms with Crippen molar-refractivity contribution in [2.45, 2.75) is 33.1 Å². The van der Waals surface area contributed by atoms with E-state index in [-0.39, 0.29) is 0 Å². The number of imidazole rings is 1. The van der Waals surface area contributed by atoms with E-state index >= 15 is 0 Å². The van der Waals surface area contributed by atoms with E-state index in [0.29, 0.717) is 0 Å². The van der Waals surface area contributed by atoms with Crippen molar-refractivity contribution in [2.75, 3.05) is 0 Å². The third kappa shape index (κ3) is 2.41. The SMILES string of the molecule is CCCCc1cnc(C(C)=S)[nH]1. The lowest BCUT2D eigenvalue weighted by molar-refractivity contribution is 0.780. The number of aromatic nitrogens is 2. The van der Waals surface area contributed by atoms with Crippen molar-refractivity contribution in [3.63, 3.8) is 0 Å². The minimum absolute atomic E-state index is 0.831. The van der Waals surface area contributed by atoms with Gasteiger partial charge in [0.15, 0.2) is 0 Å². The van der Waals surface area contributed by atoms with Crippen molar-refractivity contribution in [3.8, 4) is 0 Å². The second-order valence-corrected chi connectivity index (χ2v) is 3.53. The highest BCUT2D eigenvalue weighted by atomic mass is 32.1. The van der Waals surface area contributed by atoms with Gasteiger partial charge in [-0.1, -0.05) is 25.6 Å². The van der Waals surface area contributed by atoms with Crippen molar-refractivity contribution >= 4 is 17.1 Å². The molecule has 2 nitrogen and oxygen atoms in total. The Bertz CT molecular complexity index is 265. The molecule has 0 atom stereocenters. The molecule has 12 heavy (non-hydrogen) atoms. The molecule has 3 heteroatoms. The van der Waals surface area contributed by atoms with Crippen LogP contribution in [0.1, 0.15) is 38.2 Å². The van der Waals surface area contributed by atoms with Gasteiger partial charge in [0.1, 0.15) is 5.82 Å². The maximum atomic E-state index is 4.99. The average molecular weight is 182 g/mol. The van der Waals surface area contributed by atoms with E-state index in [1.54, 1.807) is 0 Å². The summed E-state index contributed by atoms with van der Waals surface area (Å²) in [5, 5.41) is 0. The third-order valence-corrected chi connectivity index (χ3v) is 1.95. The zero-order valence-corrected chi connectivity index (χ0v) is 8.37. The van der Waals surface area contributed by atoms with Gasteiger partial charge < -0.3 is 4.98 Å². The first kappa shape index (κ1) is 9.39. The van der Waals surface area contributed by atoms with Gasteiger partial charge in [-0.15, -0.1) is 0 Å². The van der Waals surface area contributed by atoms with Crippen molar-refractivity contribution in [2.24, 2.45) is 0 Å². The number of hydrogen-bond donors (Lipinski definition) is 1. The van der Waals surface area contributed by atoms with Gasteiger partial charge in [0.05, 0.1) is 4.86 Å². The molecule has 1 rings (SSSR count). The molecule has 0 amide bonds. The summed E-state index contributed by atoms with van der Waals surface area (Å²) in [5.74, 6) is 0.844. The molecular formula is C9H14N2S. The summed E-state index contributed by atoms with van der Waals surface area (Å²) in [6.45, 7) is 4.07. The second kappa shape index (κ2) is 4.36. The van der Waals surface area contributed by atoms with Gasteiger partial charge in [0.2, 0.25) is 0 Å². The van der Waals surface area contributed by atoms with Gasteiger partial charge in [-0.05, 0) is 19.8 Å². The lowest BCUT2D eigenvalue weighted by Gasteiger charge is -1.93. The summed E-state index contributed by atoms with van der Waals surface area (Å²) in [6, 6.07) is 0. The number of hydrogen-bond acceptors (Lipinski definition) is 2. The number of aryl methyl sites for hydroxylation is 1. The van der Waals surface area contributed by atoms with Crippen LogP contribution < -0.4 is 0 Å². The number of nitrogens with one attached hydrogen (secondary N) is 1. The third-order valence-electron chi connectivity index (χ3n) is 1.76. The monoisotopic (exact) mass is 182 g/mol. The highest BCUT2D eigenvalue weighted by Crippen LogP contribution is 2.03. The van der Waals surface area contributed by atoms with Gasteiger partial charge in [0, 0.05) is 11.9 Å². The Hall–Kier alpha value is -0.700. The van der Waals surface area contributed by atoms with E-state index in [4.69, 9.17) is 12.2 Å². The van der Waals surface area contributed by atoms with E-state index in [1.165, 1.54) is 18.5 Å². The van der Waals surface area contributed by atoms with Gasteiger partial charge >= 0.3 is 0 Å². The molecule has 0 aliphatic rings. The highest BCUT2D eigenvalue weighted by molar-refractivity contribution is 7.80. The van der Waals surface area contributed by atoms with Crippen LogP contribution in [0.3, 0.4) is 0 Å². The van der Waals surface area contributed by atoms with E-state index in [9.17, 15) is 0 Å². The van der Waals surface area contributed by atoms with Gasteiger partial charge in [-0.3, -0.25) is 0 Å². The van der Waals surface area contributed by atoms with E-state index < -0.39 is 0 Å². The topological polar surface area (TPSA) is 28.7 Å². The van der Waals surface area contributed by atoms with Crippen LogP contribution in [0.2, 0.25) is 0 Å². The van der Waals surface area contributed by atoms with Crippen LogP contribution in [0, 0.1) is 0 Å². The summed E-state index contributed by atoms with van der Waals surface area (Å²) in [5.41, 5.74) is 1.19. The summed E-state index contributed by atoms with van der Waals surface area (Å²) in [4.78, 5) is 8.20. The van der Waals surface area contributed by atoms with Crippen molar-refractivity contribution in [3.05, 3.63) is 17.7 Å². The number of H-pyrrole nitrogens is 1. The molecule has 66 valence electrons. The van der Waals surface area contributed by atoms with Crippen LogP contribution in [0.5, 0.6) is 0 Å². The molecule has 1 N–H and O–H groups in total. The predicted molar refractivity (Wildman–Crippen MR) is 54.6 cm³/mol. The zero-order valence-electron chi connectivity index (χ0n) is 7.55. The van der Waals surface area contributed by atoms with Crippen LogP contribution in [-0.2, 0) is 6.42 Å². The average Bonchev–Trinajstić information content (AvgIpc) is 2.48. The minimum atomic E-state index is 0.831. The number of thiocarbonyl (C=S) groups is 1. The Balaban J connectivity index is 2.58. The number of nitrogens with zero attached hydrogens (tertiary/aromatic N) is 1. The Labute approximate surface area is 78.4 Å². The maximum absolute atomic E-state index is 4.99. The first-order valence-electron chi connectivity index (χ1n) is 4.29. The molecule has 0 aliphatic carbocycles. The first-order valence-corrected chi connectivity index (χ1v) is 4.69. The molecule has 0 aromatic carbocycles. The Morgan fingerprint density at radius 2 is 2.42 bits per heavy atom. The van der Waals surface area contributed by atoms with Gasteiger partial charge in [-0.2, -0.15) is 0 Å². The van der Waals surface area contributed by atoms with Crippen molar-refractivity contribution in [1.29, 1.82) is 0 Å². The number of rotatable bonds is 4. The molecule has 1 heterocycles. The standard InChI is InChI=1S/C9H14N2S/c1-3-4-5-8-6-10-9(11-8)7(2)12/h6H,3-5H2,1-2H3,(H,10,11). The Kier molecular flexibility index (Phi) is 3.41. The fourth-order valence-electron chi connectivity index (χ4n) is 1.03. The lowest BCUT2D eigenvalue weighted by atomic mass is 10.2. The van der Waals surface area contributed by atoms with Crippen LogP contribution in [0.15, 0.2) is 6.20 Å². The summed E-state index contributed by atoms with van der Waals surface area (Å²) >= 11 is 4.99. The molecule has 0 bridgehead atoms. The fourth-order valence-corrected chi connectivity index (χ4v) is 1.14. The van der Waals surface area contributed by atoms with Crippen LogP contribution in [0.4, 0.5) is 0 Å². The summed E-state index contributed by atoms with van der Waals surface area (Å²) in [7, 11) is 0. The van der Waals surface area contributed by atoms with Gasteiger partial charge in [0.25, 0.3) is 0 Å². The summed E-state index contributed by atoms with van der Waals surface area (Å²) in [6.07, 6.45) is 5.37. The maximum Gasteiger partial charge on any atom is 0.143 e. The minimum Gasteiger partial charge on any atom is -0.341 e. The largest absolute Gasteiger partial charge is 0.341 e. The molecular weight excluding hydrogens is 168 g/mol. The second-order valence-electron chi connectivity index (χ2n) is 2.92.